The predicted octanol–water partition coefficient (Wildman–Crippen LogP) is 0.903. The van der Waals surface area contributed by atoms with E-state index in [1.54, 1.807) is 11.0 Å². The minimum atomic E-state index is 0.584. The Morgan fingerprint density at radius 3 is 2.56 bits per heavy atom. The molecule has 0 unspecified atom stereocenters. The average molecular weight is 371 g/mol. The van der Waals surface area contributed by atoms with E-state index in [9.17, 15) is 0 Å². The lowest BCUT2D eigenvalue weighted by atomic mass is 10.1. The standard InChI is InChI=1S/C19H29N7O/c1-3-20-19(22-13-18-23-15-24-25(18)2)21-12-16-4-6-17(7-5-16)14-26-8-10-27-11-9-26/h4-7,15H,3,8-14H2,1-2H3,(H2,20,21,22). The van der Waals surface area contributed by atoms with Crippen LogP contribution < -0.4 is 10.6 Å². The van der Waals surface area contributed by atoms with E-state index in [4.69, 9.17) is 4.74 Å². The molecule has 1 saturated heterocycles. The number of nitrogens with one attached hydrogen (secondary N) is 2. The summed E-state index contributed by atoms with van der Waals surface area (Å²) in [5, 5.41) is 10.6. The molecule has 2 N–H and O–H groups in total. The third-order valence-corrected chi connectivity index (χ3v) is 4.52. The Labute approximate surface area is 160 Å². The van der Waals surface area contributed by atoms with Gasteiger partial charge in [0.05, 0.1) is 26.3 Å². The Bertz CT molecular complexity index is 720. The fourth-order valence-electron chi connectivity index (χ4n) is 2.92. The number of rotatable bonds is 7. The number of guanidine groups is 1. The van der Waals surface area contributed by atoms with Crippen LogP contribution in [0.15, 0.2) is 35.6 Å². The van der Waals surface area contributed by atoms with Gasteiger partial charge in [0, 0.05) is 33.2 Å². The zero-order valence-electron chi connectivity index (χ0n) is 16.2. The smallest absolute Gasteiger partial charge is 0.191 e. The third-order valence-electron chi connectivity index (χ3n) is 4.52. The maximum absolute atomic E-state index is 5.40. The molecule has 0 radical (unpaired) electrons. The van der Waals surface area contributed by atoms with Crippen molar-refractivity contribution < 1.29 is 4.74 Å². The molecule has 1 aliphatic heterocycles. The Morgan fingerprint density at radius 2 is 1.89 bits per heavy atom. The molecular formula is C19H29N7O. The van der Waals surface area contributed by atoms with Gasteiger partial charge in [0.15, 0.2) is 5.96 Å². The summed E-state index contributed by atoms with van der Waals surface area (Å²) < 4.78 is 7.16. The van der Waals surface area contributed by atoms with Crippen LogP contribution in [0.4, 0.5) is 0 Å². The van der Waals surface area contributed by atoms with Crippen molar-refractivity contribution in [2.45, 2.75) is 26.6 Å². The van der Waals surface area contributed by atoms with Gasteiger partial charge in [-0.05, 0) is 18.1 Å². The van der Waals surface area contributed by atoms with E-state index in [1.165, 1.54) is 11.1 Å². The van der Waals surface area contributed by atoms with Crippen LogP contribution in [0.3, 0.4) is 0 Å². The summed E-state index contributed by atoms with van der Waals surface area (Å²) in [4.78, 5) is 11.3. The predicted molar refractivity (Wildman–Crippen MR) is 105 cm³/mol. The van der Waals surface area contributed by atoms with Gasteiger partial charge in [0.2, 0.25) is 0 Å². The molecule has 1 aromatic carbocycles. The molecular weight excluding hydrogens is 342 g/mol. The first-order chi connectivity index (χ1) is 13.2. The summed E-state index contributed by atoms with van der Waals surface area (Å²) in [7, 11) is 1.88. The van der Waals surface area contributed by atoms with E-state index in [0.29, 0.717) is 13.1 Å². The van der Waals surface area contributed by atoms with Crippen molar-refractivity contribution in [3.63, 3.8) is 0 Å². The van der Waals surface area contributed by atoms with Gasteiger partial charge in [-0.25, -0.2) is 9.98 Å². The molecule has 1 fully saturated rings. The number of benzene rings is 1. The van der Waals surface area contributed by atoms with Crippen LogP contribution >= 0.6 is 0 Å². The molecule has 0 saturated carbocycles. The highest BCUT2D eigenvalue weighted by atomic mass is 16.5. The molecule has 1 aliphatic rings. The lowest BCUT2D eigenvalue weighted by Crippen LogP contribution is -2.37. The van der Waals surface area contributed by atoms with Crippen molar-refractivity contribution in [3.05, 3.63) is 47.5 Å². The first kappa shape index (κ1) is 19.3. The number of aliphatic imine (C=N–C) groups is 1. The van der Waals surface area contributed by atoms with Gasteiger partial charge in [-0.15, -0.1) is 0 Å². The summed E-state index contributed by atoms with van der Waals surface area (Å²) in [5.74, 6) is 1.64. The Kier molecular flexibility index (Phi) is 7.18. The molecule has 1 aromatic heterocycles. The van der Waals surface area contributed by atoms with Gasteiger partial charge < -0.3 is 15.4 Å². The van der Waals surface area contributed by atoms with Crippen LogP contribution in [0.5, 0.6) is 0 Å². The molecule has 2 heterocycles. The molecule has 0 atom stereocenters. The average Bonchev–Trinajstić information content (AvgIpc) is 3.11. The number of aryl methyl sites for hydroxylation is 1. The molecule has 2 aromatic rings. The highest BCUT2D eigenvalue weighted by Gasteiger charge is 2.10. The van der Waals surface area contributed by atoms with Gasteiger partial charge in [0.1, 0.15) is 12.2 Å². The summed E-state index contributed by atoms with van der Waals surface area (Å²) in [6.07, 6.45) is 1.56. The van der Waals surface area contributed by atoms with Gasteiger partial charge in [-0.2, -0.15) is 5.10 Å². The van der Waals surface area contributed by atoms with Crippen LogP contribution in [0.2, 0.25) is 0 Å². The summed E-state index contributed by atoms with van der Waals surface area (Å²) >= 11 is 0. The largest absolute Gasteiger partial charge is 0.379 e. The van der Waals surface area contributed by atoms with Crippen LogP contribution in [-0.2, 0) is 31.4 Å². The first-order valence-electron chi connectivity index (χ1n) is 9.47. The van der Waals surface area contributed by atoms with Crippen molar-refractivity contribution in [2.24, 2.45) is 12.0 Å². The second-order valence-corrected chi connectivity index (χ2v) is 6.55. The second kappa shape index (κ2) is 10.0. The van der Waals surface area contributed by atoms with Crippen LogP contribution in [0.1, 0.15) is 23.9 Å². The van der Waals surface area contributed by atoms with Crippen molar-refractivity contribution in [1.29, 1.82) is 0 Å². The highest BCUT2D eigenvalue weighted by Crippen LogP contribution is 2.10. The maximum Gasteiger partial charge on any atom is 0.191 e. The monoisotopic (exact) mass is 371 g/mol. The fraction of sp³-hybridized carbons (Fsp3) is 0.526. The first-order valence-corrected chi connectivity index (χ1v) is 9.47. The van der Waals surface area contributed by atoms with Crippen molar-refractivity contribution >= 4 is 5.96 Å². The molecule has 8 heteroatoms. The van der Waals surface area contributed by atoms with E-state index < -0.39 is 0 Å². The van der Waals surface area contributed by atoms with Crippen LogP contribution in [0.25, 0.3) is 0 Å². The Morgan fingerprint density at radius 1 is 1.15 bits per heavy atom. The molecule has 0 aliphatic carbocycles. The van der Waals surface area contributed by atoms with Gasteiger partial charge in [-0.3, -0.25) is 9.58 Å². The van der Waals surface area contributed by atoms with Gasteiger partial charge in [-0.1, -0.05) is 24.3 Å². The van der Waals surface area contributed by atoms with Crippen LogP contribution in [-0.4, -0.2) is 58.5 Å². The number of aromatic nitrogens is 3. The zero-order valence-corrected chi connectivity index (χ0v) is 16.2. The minimum Gasteiger partial charge on any atom is -0.379 e. The van der Waals surface area contributed by atoms with Crippen molar-refractivity contribution in [3.8, 4) is 0 Å². The summed E-state index contributed by atoms with van der Waals surface area (Å²) in [5.41, 5.74) is 2.52. The SMILES string of the molecule is CCNC(=NCc1ccc(CN2CCOCC2)cc1)NCc1ncnn1C. The van der Waals surface area contributed by atoms with Crippen LogP contribution in [0, 0.1) is 0 Å². The number of nitrogens with zero attached hydrogens (tertiary/aromatic N) is 5. The van der Waals surface area contributed by atoms with E-state index >= 15 is 0 Å². The Balaban J connectivity index is 1.52. The molecule has 3 rings (SSSR count). The van der Waals surface area contributed by atoms with Crippen molar-refractivity contribution in [2.75, 3.05) is 32.8 Å². The summed E-state index contributed by atoms with van der Waals surface area (Å²) in [6.45, 7) is 8.75. The molecule has 0 spiro atoms. The maximum atomic E-state index is 5.40. The zero-order chi connectivity index (χ0) is 18.9. The number of hydrogen-bond donors (Lipinski definition) is 2. The minimum absolute atomic E-state index is 0.584. The lowest BCUT2D eigenvalue weighted by molar-refractivity contribution is 0.0342. The number of morpholine rings is 1. The van der Waals surface area contributed by atoms with E-state index in [2.05, 4.69) is 61.8 Å². The normalized spacial score (nSPS) is 15.7. The van der Waals surface area contributed by atoms with Gasteiger partial charge >= 0.3 is 0 Å². The van der Waals surface area contributed by atoms with E-state index in [-0.39, 0.29) is 0 Å². The molecule has 8 nitrogen and oxygen atoms in total. The lowest BCUT2D eigenvalue weighted by Gasteiger charge is -2.26. The molecule has 0 amide bonds. The van der Waals surface area contributed by atoms with Gasteiger partial charge in [0.25, 0.3) is 0 Å². The molecule has 0 bridgehead atoms. The van der Waals surface area contributed by atoms with Crippen molar-refractivity contribution in [1.82, 2.24) is 30.3 Å². The quantitative estimate of drug-likeness (QED) is 0.556. The third kappa shape index (κ3) is 6.04. The topological polar surface area (TPSA) is 79.6 Å². The Hall–Kier alpha value is -2.45. The summed E-state index contributed by atoms with van der Waals surface area (Å²) in [6, 6.07) is 8.71. The fourth-order valence-corrected chi connectivity index (χ4v) is 2.92. The molecule has 146 valence electrons. The van der Waals surface area contributed by atoms with E-state index in [0.717, 1.165) is 51.2 Å². The number of ether oxygens (including phenoxy) is 1. The number of hydrogen-bond acceptors (Lipinski definition) is 5. The van der Waals surface area contributed by atoms with E-state index in [1.807, 2.05) is 7.05 Å². The second-order valence-electron chi connectivity index (χ2n) is 6.55. The molecule has 27 heavy (non-hydrogen) atoms. The highest BCUT2D eigenvalue weighted by molar-refractivity contribution is 5.79.